The SMILES string of the molecule is N#Cc1cc(N)n(-c2ccc(-c3c(Cl)cc(C(F)(F)F)cc3Cl)cc2)n1. The average molecular weight is 397 g/mol. The molecule has 0 fully saturated rings. The Labute approximate surface area is 156 Å². The zero-order chi connectivity index (χ0) is 19.1. The third-order valence-electron chi connectivity index (χ3n) is 3.62. The van der Waals surface area contributed by atoms with E-state index in [0.29, 0.717) is 16.8 Å². The van der Waals surface area contributed by atoms with Crippen molar-refractivity contribution in [2.45, 2.75) is 6.18 Å². The van der Waals surface area contributed by atoms with Crippen molar-refractivity contribution >= 4 is 29.0 Å². The minimum atomic E-state index is -4.54. The Morgan fingerprint density at radius 3 is 2.08 bits per heavy atom. The van der Waals surface area contributed by atoms with Gasteiger partial charge in [0.1, 0.15) is 11.9 Å². The number of hydrogen-bond donors (Lipinski definition) is 1. The van der Waals surface area contributed by atoms with E-state index in [-0.39, 0.29) is 21.6 Å². The molecule has 0 spiro atoms. The molecule has 132 valence electrons. The Hall–Kier alpha value is -2.69. The molecule has 0 aliphatic heterocycles. The number of halogens is 5. The first kappa shape index (κ1) is 18.1. The predicted octanol–water partition coefficient (Wildman–Crippen LogP) is 5.32. The van der Waals surface area contributed by atoms with Gasteiger partial charge in [0.05, 0.1) is 21.3 Å². The van der Waals surface area contributed by atoms with Crippen LogP contribution in [0.4, 0.5) is 19.0 Å². The molecule has 9 heteroatoms. The molecule has 0 aliphatic rings. The monoisotopic (exact) mass is 396 g/mol. The molecule has 2 N–H and O–H groups in total. The molecule has 3 aromatic rings. The highest BCUT2D eigenvalue weighted by Crippen LogP contribution is 2.40. The Morgan fingerprint density at radius 1 is 1.04 bits per heavy atom. The molecule has 0 atom stereocenters. The quantitative estimate of drug-likeness (QED) is 0.637. The van der Waals surface area contributed by atoms with E-state index in [4.69, 9.17) is 34.2 Å². The summed E-state index contributed by atoms with van der Waals surface area (Å²) in [4.78, 5) is 0. The summed E-state index contributed by atoms with van der Waals surface area (Å²) in [6, 6.07) is 11.5. The lowest BCUT2D eigenvalue weighted by atomic mass is 10.0. The van der Waals surface area contributed by atoms with Gasteiger partial charge in [0.25, 0.3) is 0 Å². The van der Waals surface area contributed by atoms with Crippen LogP contribution >= 0.6 is 23.2 Å². The van der Waals surface area contributed by atoms with Crippen LogP contribution in [0.5, 0.6) is 0 Å². The number of nitrogens with two attached hydrogens (primary N) is 1. The minimum absolute atomic E-state index is 0.108. The molecular weight excluding hydrogens is 388 g/mol. The third-order valence-corrected chi connectivity index (χ3v) is 4.22. The topological polar surface area (TPSA) is 67.6 Å². The van der Waals surface area contributed by atoms with E-state index in [0.717, 1.165) is 12.1 Å². The number of anilines is 1. The smallest absolute Gasteiger partial charge is 0.384 e. The fraction of sp³-hybridized carbons (Fsp3) is 0.0588. The van der Waals surface area contributed by atoms with Crippen molar-refractivity contribution in [1.29, 1.82) is 5.26 Å². The van der Waals surface area contributed by atoms with E-state index in [1.54, 1.807) is 24.3 Å². The lowest BCUT2D eigenvalue weighted by Gasteiger charge is -2.13. The van der Waals surface area contributed by atoms with Gasteiger partial charge in [0, 0.05) is 11.6 Å². The predicted molar refractivity (Wildman–Crippen MR) is 93.1 cm³/mol. The number of nitrogen functional groups attached to an aromatic ring is 1. The maximum Gasteiger partial charge on any atom is 0.416 e. The maximum atomic E-state index is 12.8. The standard InChI is InChI=1S/C17H9Cl2F3N4/c18-13-5-10(17(20,21)22)6-14(19)16(13)9-1-3-12(4-2-9)26-15(24)7-11(8-23)25-26/h1-7H,24H2. The number of alkyl halides is 3. The van der Waals surface area contributed by atoms with Gasteiger partial charge in [-0.25, -0.2) is 4.68 Å². The second kappa shape index (κ2) is 6.56. The Bertz CT molecular complexity index is 995. The van der Waals surface area contributed by atoms with Crippen molar-refractivity contribution < 1.29 is 13.2 Å². The Kier molecular flexibility index (Phi) is 4.57. The van der Waals surface area contributed by atoms with E-state index in [1.807, 2.05) is 6.07 Å². The van der Waals surface area contributed by atoms with Crippen molar-refractivity contribution in [3.05, 3.63) is 63.8 Å². The van der Waals surface area contributed by atoms with E-state index in [1.165, 1.54) is 10.7 Å². The zero-order valence-corrected chi connectivity index (χ0v) is 14.4. The summed E-state index contributed by atoms with van der Waals surface area (Å²) in [6.45, 7) is 0. The molecule has 0 unspecified atom stereocenters. The molecule has 3 rings (SSSR count). The molecule has 0 radical (unpaired) electrons. The molecule has 1 aromatic heterocycles. The fourth-order valence-corrected chi connectivity index (χ4v) is 3.14. The number of nitrogens with zero attached hydrogens (tertiary/aromatic N) is 3. The first-order valence-electron chi connectivity index (χ1n) is 7.13. The van der Waals surface area contributed by atoms with Crippen LogP contribution in [0.25, 0.3) is 16.8 Å². The summed E-state index contributed by atoms with van der Waals surface area (Å²) < 4.78 is 39.9. The average Bonchev–Trinajstić information content (AvgIpc) is 2.95. The number of nitriles is 1. The van der Waals surface area contributed by atoms with E-state index in [2.05, 4.69) is 5.10 Å². The van der Waals surface area contributed by atoms with E-state index in [9.17, 15) is 13.2 Å². The van der Waals surface area contributed by atoms with Gasteiger partial charge in [0.15, 0.2) is 5.69 Å². The van der Waals surface area contributed by atoms with E-state index < -0.39 is 11.7 Å². The molecule has 4 nitrogen and oxygen atoms in total. The zero-order valence-electron chi connectivity index (χ0n) is 12.9. The van der Waals surface area contributed by atoms with Gasteiger partial charge < -0.3 is 5.73 Å². The largest absolute Gasteiger partial charge is 0.416 e. The number of hydrogen-bond acceptors (Lipinski definition) is 3. The van der Waals surface area contributed by atoms with Crippen molar-refractivity contribution in [2.75, 3.05) is 5.73 Å². The molecule has 0 bridgehead atoms. The highest BCUT2D eigenvalue weighted by atomic mass is 35.5. The van der Waals surface area contributed by atoms with Gasteiger partial charge in [-0.2, -0.15) is 23.5 Å². The number of rotatable bonds is 2. The normalized spacial score (nSPS) is 11.4. The lowest BCUT2D eigenvalue weighted by molar-refractivity contribution is -0.137. The third kappa shape index (κ3) is 3.34. The van der Waals surface area contributed by atoms with Crippen LogP contribution in [-0.2, 0) is 6.18 Å². The van der Waals surface area contributed by atoms with Gasteiger partial charge >= 0.3 is 6.18 Å². The van der Waals surface area contributed by atoms with Crippen molar-refractivity contribution in [3.63, 3.8) is 0 Å². The second-order valence-electron chi connectivity index (χ2n) is 5.34. The van der Waals surface area contributed by atoms with Gasteiger partial charge in [-0.15, -0.1) is 0 Å². The molecule has 0 saturated carbocycles. The molecule has 2 aromatic carbocycles. The van der Waals surface area contributed by atoms with Crippen LogP contribution in [0.2, 0.25) is 10.0 Å². The van der Waals surface area contributed by atoms with Crippen LogP contribution in [0, 0.1) is 11.3 Å². The second-order valence-corrected chi connectivity index (χ2v) is 6.15. The fourth-order valence-electron chi connectivity index (χ4n) is 2.44. The summed E-state index contributed by atoms with van der Waals surface area (Å²) in [5.74, 6) is 0.278. The number of aromatic nitrogens is 2. The van der Waals surface area contributed by atoms with Crippen LogP contribution in [0.3, 0.4) is 0 Å². The summed E-state index contributed by atoms with van der Waals surface area (Å²) in [6.07, 6.45) is -4.54. The summed E-state index contributed by atoms with van der Waals surface area (Å²) in [5.41, 5.74) is 6.45. The minimum Gasteiger partial charge on any atom is -0.384 e. The van der Waals surface area contributed by atoms with Gasteiger partial charge in [0.2, 0.25) is 0 Å². The van der Waals surface area contributed by atoms with Gasteiger partial charge in [-0.05, 0) is 29.8 Å². The molecule has 26 heavy (non-hydrogen) atoms. The lowest BCUT2D eigenvalue weighted by Crippen LogP contribution is -2.05. The molecular formula is C17H9Cl2F3N4. The van der Waals surface area contributed by atoms with Gasteiger partial charge in [-0.3, -0.25) is 0 Å². The molecule has 1 heterocycles. The van der Waals surface area contributed by atoms with Gasteiger partial charge in [-0.1, -0.05) is 35.3 Å². The Balaban J connectivity index is 2.02. The highest BCUT2D eigenvalue weighted by molar-refractivity contribution is 6.39. The molecule has 0 saturated heterocycles. The maximum absolute atomic E-state index is 12.8. The molecule has 0 aliphatic carbocycles. The van der Waals surface area contributed by atoms with E-state index >= 15 is 0 Å². The Morgan fingerprint density at radius 2 is 1.62 bits per heavy atom. The first-order valence-corrected chi connectivity index (χ1v) is 7.89. The van der Waals surface area contributed by atoms with Crippen LogP contribution < -0.4 is 5.73 Å². The summed E-state index contributed by atoms with van der Waals surface area (Å²) >= 11 is 12.0. The van der Waals surface area contributed by atoms with Crippen LogP contribution in [0.15, 0.2) is 42.5 Å². The highest BCUT2D eigenvalue weighted by Gasteiger charge is 2.32. The van der Waals surface area contributed by atoms with Crippen molar-refractivity contribution in [2.24, 2.45) is 0 Å². The van der Waals surface area contributed by atoms with Crippen molar-refractivity contribution in [3.8, 4) is 22.9 Å². The van der Waals surface area contributed by atoms with Crippen LogP contribution in [-0.4, -0.2) is 9.78 Å². The van der Waals surface area contributed by atoms with Crippen LogP contribution in [0.1, 0.15) is 11.3 Å². The summed E-state index contributed by atoms with van der Waals surface area (Å²) in [5, 5.41) is 12.7. The van der Waals surface area contributed by atoms with Crippen molar-refractivity contribution in [1.82, 2.24) is 9.78 Å². The first-order chi connectivity index (χ1) is 12.2. The molecule has 0 amide bonds. The number of benzene rings is 2. The summed E-state index contributed by atoms with van der Waals surface area (Å²) in [7, 11) is 0.